The van der Waals surface area contributed by atoms with Gasteiger partial charge in [0.25, 0.3) is 0 Å². The highest BCUT2D eigenvalue weighted by Gasteiger charge is 2.07. The molecule has 0 radical (unpaired) electrons. The van der Waals surface area contributed by atoms with Gasteiger partial charge in [-0.3, -0.25) is 0 Å². The van der Waals surface area contributed by atoms with Crippen molar-refractivity contribution < 1.29 is 4.42 Å². The maximum atomic E-state index is 5.19. The molecule has 2 heterocycles. The Labute approximate surface area is 113 Å². The lowest BCUT2D eigenvalue weighted by Crippen LogP contribution is -2.01. The van der Waals surface area contributed by atoms with Crippen molar-refractivity contribution in [2.24, 2.45) is 0 Å². The van der Waals surface area contributed by atoms with Gasteiger partial charge in [-0.15, -0.1) is 15.3 Å². The Morgan fingerprint density at radius 1 is 1.32 bits per heavy atom. The number of aromatic nitrogens is 4. The molecule has 1 N–H and O–H groups in total. The maximum Gasteiger partial charge on any atom is 0.247 e. The van der Waals surface area contributed by atoms with E-state index in [0.29, 0.717) is 12.4 Å². The number of benzene rings is 1. The molecule has 7 heteroatoms. The Balaban J connectivity index is 1.82. The van der Waals surface area contributed by atoms with Gasteiger partial charge in [0.1, 0.15) is 0 Å². The highest BCUT2D eigenvalue weighted by atomic mass is 32.1. The van der Waals surface area contributed by atoms with Gasteiger partial charge in [-0.1, -0.05) is 10.6 Å². The molecule has 0 amide bonds. The number of nitrogens with zero attached hydrogens (tertiary/aromatic N) is 4. The van der Waals surface area contributed by atoms with Crippen molar-refractivity contribution in [1.29, 1.82) is 0 Å². The molecule has 6 nitrogen and oxygen atoms in total. The largest absolute Gasteiger partial charge is 0.423 e. The predicted octanol–water partition coefficient (Wildman–Crippen LogP) is 2.51. The molecule has 0 aliphatic carbocycles. The summed E-state index contributed by atoms with van der Waals surface area (Å²) >= 11 is 1.35. The number of aryl methyl sites for hydroxylation is 1. The van der Waals surface area contributed by atoms with Crippen LogP contribution >= 0.6 is 11.5 Å². The van der Waals surface area contributed by atoms with E-state index in [4.69, 9.17) is 4.42 Å². The van der Waals surface area contributed by atoms with Crippen molar-refractivity contribution >= 4 is 17.2 Å². The van der Waals surface area contributed by atoms with E-state index in [9.17, 15) is 0 Å². The molecule has 2 aromatic heterocycles. The molecule has 0 aliphatic heterocycles. The number of nitrogens with one attached hydrogen (secondary N) is 1. The smallest absolute Gasteiger partial charge is 0.247 e. The number of rotatable bonds is 4. The van der Waals surface area contributed by atoms with Crippen molar-refractivity contribution in [2.75, 3.05) is 5.32 Å². The summed E-state index contributed by atoms with van der Waals surface area (Å²) in [7, 11) is 0. The number of hydrogen-bond donors (Lipinski definition) is 1. The average Bonchev–Trinajstić information content (AvgIpc) is 3.11. The fraction of sp³-hybridized carbons (Fsp3) is 0.167. The molecule has 3 rings (SSSR count). The molecular formula is C12H11N5OS. The summed E-state index contributed by atoms with van der Waals surface area (Å²) in [4.78, 5) is 0. The Morgan fingerprint density at radius 2 is 2.26 bits per heavy atom. The number of anilines is 1. The zero-order valence-corrected chi connectivity index (χ0v) is 11.0. The molecule has 0 unspecified atom stereocenters. The summed E-state index contributed by atoms with van der Waals surface area (Å²) in [6, 6.07) is 5.96. The highest BCUT2D eigenvalue weighted by Crippen LogP contribution is 2.24. The summed E-state index contributed by atoms with van der Waals surface area (Å²) in [5.74, 6) is 0.512. The van der Waals surface area contributed by atoms with Crippen LogP contribution in [0.1, 0.15) is 11.3 Å². The first-order valence-corrected chi connectivity index (χ1v) is 6.53. The normalized spacial score (nSPS) is 10.6. The highest BCUT2D eigenvalue weighted by molar-refractivity contribution is 7.03. The van der Waals surface area contributed by atoms with Crippen molar-refractivity contribution in [1.82, 2.24) is 19.8 Å². The molecule has 3 aromatic rings. The van der Waals surface area contributed by atoms with Crippen LogP contribution in [0.15, 0.2) is 34.4 Å². The van der Waals surface area contributed by atoms with Crippen molar-refractivity contribution in [2.45, 2.75) is 13.5 Å². The standard InChI is InChI=1S/C12H11N5OS/c1-8-2-3-9(12-16-14-7-18-12)4-11(8)13-5-10-6-19-17-15-10/h2-4,6-7,13H,5H2,1H3. The van der Waals surface area contributed by atoms with E-state index in [0.717, 1.165) is 22.5 Å². The molecule has 0 aliphatic rings. The first-order valence-electron chi connectivity index (χ1n) is 5.70. The summed E-state index contributed by atoms with van der Waals surface area (Å²) in [5, 5.41) is 16.8. The fourth-order valence-electron chi connectivity index (χ4n) is 1.69. The van der Waals surface area contributed by atoms with Crippen molar-refractivity contribution in [3.63, 3.8) is 0 Å². The fourth-order valence-corrected chi connectivity index (χ4v) is 2.14. The third kappa shape index (κ3) is 2.60. The van der Waals surface area contributed by atoms with Crippen molar-refractivity contribution in [3.8, 4) is 11.5 Å². The van der Waals surface area contributed by atoms with E-state index in [1.807, 2.05) is 30.5 Å². The minimum atomic E-state index is 0.512. The Hall–Kier alpha value is -2.28. The molecule has 0 saturated heterocycles. The maximum absolute atomic E-state index is 5.19. The zero-order chi connectivity index (χ0) is 13.1. The van der Waals surface area contributed by atoms with Crippen LogP contribution < -0.4 is 5.32 Å². The Morgan fingerprint density at radius 3 is 3.00 bits per heavy atom. The van der Waals surface area contributed by atoms with Gasteiger partial charge in [0.05, 0.1) is 12.2 Å². The average molecular weight is 273 g/mol. The summed E-state index contributed by atoms with van der Waals surface area (Å²) in [6.07, 6.45) is 1.32. The van der Waals surface area contributed by atoms with Gasteiger partial charge in [-0.05, 0) is 36.2 Å². The lowest BCUT2D eigenvalue weighted by molar-refractivity contribution is 0.568. The van der Waals surface area contributed by atoms with E-state index in [1.54, 1.807) is 0 Å². The van der Waals surface area contributed by atoms with E-state index in [2.05, 4.69) is 25.1 Å². The van der Waals surface area contributed by atoms with Crippen LogP contribution in [0.3, 0.4) is 0 Å². The van der Waals surface area contributed by atoms with E-state index >= 15 is 0 Å². The first kappa shape index (κ1) is 11.8. The lowest BCUT2D eigenvalue weighted by Gasteiger charge is -2.09. The minimum Gasteiger partial charge on any atom is -0.423 e. The summed E-state index contributed by atoms with van der Waals surface area (Å²) < 4.78 is 9.03. The topological polar surface area (TPSA) is 76.7 Å². The quantitative estimate of drug-likeness (QED) is 0.787. The van der Waals surface area contributed by atoms with E-state index in [1.165, 1.54) is 17.9 Å². The van der Waals surface area contributed by atoms with E-state index < -0.39 is 0 Å². The number of hydrogen-bond acceptors (Lipinski definition) is 7. The zero-order valence-electron chi connectivity index (χ0n) is 10.2. The van der Waals surface area contributed by atoms with Gasteiger partial charge >= 0.3 is 0 Å². The SMILES string of the molecule is Cc1ccc(-c2nnco2)cc1NCc1csnn1. The van der Waals surface area contributed by atoms with Crippen LogP contribution in [0.2, 0.25) is 0 Å². The molecular weight excluding hydrogens is 262 g/mol. The van der Waals surface area contributed by atoms with Crippen LogP contribution in [-0.2, 0) is 6.54 Å². The van der Waals surface area contributed by atoms with Crippen LogP contribution in [-0.4, -0.2) is 19.8 Å². The lowest BCUT2D eigenvalue weighted by atomic mass is 10.1. The van der Waals surface area contributed by atoms with Crippen molar-refractivity contribution in [3.05, 3.63) is 41.2 Å². The molecule has 0 bridgehead atoms. The van der Waals surface area contributed by atoms with Gasteiger partial charge < -0.3 is 9.73 Å². The minimum absolute atomic E-state index is 0.512. The van der Waals surface area contributed by atoms with Crippen LogP contribution in [0.5, 0.6) is 0 Å². The molecule has 19 heavy (non-hydrogen) atoms. The summed E-state index contributed by atoms with van der Waals surface area (Å²) in [5.41, 5.74) is 3.98. The molecule has 0 spiro atoms. The molecule has 0 atom stereocenters. The summed E-state index contributed by atoms with van der Waals surface area (Å²) in [6.45, 7) is 2.68. The van der Waals surface area contributed by atoms with Gasteiger partial charge in [-0.25, -0.2) is 0 Å². The molecule has 96 valence electrons. The van der Waals surface area contributed by atoms with Gasteiger partial charge in [0.2, 0.25) is 12.3 Å². The second-order valence-corrected chi connectivity index (χ2v) is 4.63. The van der Waals surface area contributed by atoms with Gasteiger partial charge in [-0.2, -0.15) is 0 Å². The van der Waals surface area contributed by atoms with E-state index in [-0.39, 0.29) is 0 Å². The molecule has 1 aromatic carbocycles. The second-order valence-electron chi connectivity index (χ2n) is 4.02. The third-order valence-electron chi connectivity index (χ3n) is 2.71. The third-order valence-corrected chi connectivity index (χ3v) is 3.26. The predicted molar refractivity (Wildman–Crippen MR) is 71.7 cm³/mol. The second kappa shape index (κ2) is 5.15. The monoisotopic (exact) mass is 273 g/mol. The molecule has 0 saturated carbocycles. The van der Waals surface area contributed by atoms with Crippen LogP contribution in [0, 0.1) is 6.92 Å². The van der Waals surface area contributed by atoms with Crippen LogP contribution in [0.4, 0.5) is 5.69 Å². The first-order chi connectivity index (χ1) is 9.33. The van der Waals surface area contributed by atoms with Gasteiger partial charge in [0, 0.05) is 16.6 Å². The Bertz CT molecular complexity index is 651. The Kier molecular flexibility index (Phi) is 3.20. The van der Waals surface area contributed by atoms with Crippen LogP contribution in [0.25, 0.3) is 11.5 Å². The van der Waals surface area contributed by atoms with Gasteiger partial charge in [0.15, 0.2) is 0 Å². The molecule has 0 fully saturated rings.